The minimum Gasteiger partial charge on any atom is -0.490 e. The lowest BCUT2D eigenvalue weighted by Crippen LogP contribution is -2.41. The first-order valence-corrected chi connectivity index (χ1v) is 9.77. The Kier molecular flexibility index (Phi) is 6.59. The van der Waals surface area contributed by atoms with Crippen molar-refractivity contribution in [3.05, 3.63) is 48.0 Å². The Morgan fingerprint density at radius 2 is 1.86 bits per heavy atom. The number of rotatable bonds is 8. The molecule has 7 heteroatoms. The van der Waals surface area contributed by atoms with Crippen molar-refractivity contribution in [1.29, 1.82) is 0 Å². The number of anilines is 1. The lowest BCUT2D eigenvalue weighted by atomic mass is 10.1. The number of carbonyl (C=O) groups excluding carboxylic acids is 2. The molecule has 0 aromatic heterocycles. The quantitative estimate of drug-likeness (QED) is 0.711. The van der Waals surface area contributed by atoms with E-state index in [1.54, 1.807) is 12.1 Å². The van der Waals surface area contributed by atoms with Crippen LogP contribution in [0, 0.1) is 0 Å². The van der Waals surface area contributed by atoms with Gasteiger partial charge < -0.3 is 24.8 Å². The van der Waals surface area contributed by atoms with E-state index >= 15 is 0 Å². The van der Waals surface area contributed by atoms with Gasteiger partial charge in [0.2, 0.25) is 5.91 Å². The molecule has 1 aliphatic rings. The fourth-order valence-corrected chi connectivity index (χ4v) is 3.12. The number of nitrogens with one attached hydrogen (secondary N) is 2. The molecule has 154 valence electrons. The van der Waals surface area contributed by atoms with Crippen LogP contribution in [0.25, 0.3) is 0 Å². The van der Waals surface area contributed by atoms with Crippen molar-refractivity contribution in [2.45, 2.75) is 39.3 Å². The summed E-state index contributed by atoms with van der Waals surface area (Å²) in [5, 5.41) is 5.68. The Hall–Kier alpha value is -3.22. The first kappa shape index (κ1) is 20.5. The minimum atomic E-state index is -0.864. The van der Waals surface area contributed by atoms with Crippen molar-refractivity contribution in [2.24, 2.45) is 0 Å². The smallest absolute Gasteiger partial charge is 0.266 e. The summed E-state index contributed by atoms with van der Waals surface area (Å²) in [6.45, 7) is 6.74. The van der Waals surface area contributed by atoms with Gasteiger partial charge in [-0.1, -0.05) is 18.2 Å². The maximum absolute atomic E-state index is 12.5. The van der Waals surface area contributed by atoms with Gasteiger partial charge in [-0.3, -0.25) is 9.59 Å². The number of carbonyl (C=O) groups is 2. The third kappa shape index (κ3) is 4.99. The Labute approximate surface area is 170 Å². The zero-order valence-electron chi connectivity index (χ0n) is 16.9. The number of benzene rings is 2. The molecule has 29 heavy (non-hydrogen) atoms. The molecular formula is C22H26N2O5. The third-order valence-corrected chi connectivity index (χ3v) is 4.52. The van der Waals surface area contributed by atoms with E-state index in [1.165, 1.54) is 0 Å². The highest BCUT2D eigenvalue weighted by molar-refractivity contribution is 5.99. The lowest BCUT2D eigenvalue weighted by Gasteiger charge is -2.26. The SMILES string of the molecule is CCOc1ccc([C@@H](C)NC(=O)C[C@@H]2Oc3ccccc3NC2=O)cc1OCC. The van der Waals surface area contributed by atoms with E-state index in [9.17, 15) is 9.59 Å². The molecular weight excluding hydrogens is 372 g/mol. The molecule has 0 bridgehead atoms. The molecule has 2 N–H and O–H groups in total. The lowest BCUT2D eigenvalue weighted by molar-refractivity contribution is -0.130. The molecule has 7 nitrogen and oxygen atoms in total. The molecule has 0 saturated carbocycles. The Bertz CT molecular complexity index is 883. The van der Waals surface area contributed by atoms with Crippen molar-refractivity contribution in [3.63, 3.8) is 0 Å². The van der Waals surface area contributed by atoms with Gasteiger partial charge >= 0.3 is 0 Å². The van der Waals surface area contributed by atoms with Gasteiger partial charge in [-0.2, -0.15) is 0 Å². The molecule has 0 unspecified atom stereocenters. The Morgan fingerprint density at radius 1 is 1.14 bits per heavy atom. The average Bonchev–Trinajstić information content (AvgIpc) is 2.70. The van der Waals surface area contributed by atoms with Crippen LogP contribution in [-0.2, 0) is 9.59 Å². The summed E-state index contributed by atoms with van der Waals surface area (Å²) in [5.74, 6) is 1.27. The maximum atomic E-state index is 12.5. The van der Waals surface area contributed by atoms with Gasteiger partial charge in [0, 0.05) is 0 Å². The van der Waals surface area contributed by atoms with E-state index in [4.69, 9.17) is 14.2 Å². The Balaban J connectivity index is 1.63. The fourth-order valence-electron chi connectivity index (χ4n) is 3.12. The third-order valence-electron chi connectivity index (χ3n) is 4.52. The number of para-hydroxylation sites is 2. The second-order valence-corrected chi connectivity index (χ2v) is 6.66. The topological polar surface area (TPSA) is 85.9 Å². The molecule has 0 saturated heterocycles. The summed E-state index contributed by atoms with van der Waals surface area (Å²) in [6, 6.07) is 12.5. The van der Waals surface area contributed by atoms with Crippen LogP contribution in [0.4, 0.5) is 5.69 Å². The van der Waals surface area contributed by atoms with Gasteiger partial charge in [0.05, 0.1) is 31.4 Å². The number of fused-ring (bicyclic) bond motifs is 1. The predicted molar refractivity (Wildman–Crippen MR) is 109 cm³/mol. The van der Waals surface area contributed by atoms with Gasteiger partial charge in [-0.05, 0) is 50.6 Å². The number of hydrogen-bond acceptors (Lipinski definition) is 5. The first-order chi connectivity index (χ1) is 14.0. The second kappa shape index (κ2) is 9.32. The van der Waals surface area contributed by atoms with Crippen molar-refractivity contribution in [2.75, 3.05) is 18.5 Å². The summed E-state index contributed by atoms with van der Waals surface area (Å²) < 4.78 is 16.9. The normalized spacial score (nSPS) is 16.1. The highest BCUT2D eigenvalue weighted by Crippen LogP contribution is 2.31. The monoisotopic (exact) mass is 398 g/mol. The average molecular weight is 398 g/mol. The van der Waals surface area contributed by atoms with E-state index in [2.05, 4.69) is 10.6 Å². The number of amides is 2. The molecule has 2 aromatic carbocycles. The summed E-state index contributed by atoms with van der Waals surface area (Å²) in [4.78, 5) is 24.7. The van der Waals surface area contributed by atoms with Crippen LogP contribution in [0.3, 0.4) is 0 Å². The molecule has 2 aromatic rings. The molecule has 1 aliphatic heterocycles. The zero-order chi connectivity index (χ0) is 20.8. The van der Waals surface area contributed by atoms with E-state index in [1.807, 2.05) is 51.1 Å². The van der Waals surface area contributed by atoms with Gasteiger partial charge in [-0.25, -0.2) is 0 Å². The highest BCUT2D eigenvalue weighted by atomic mass is 16.5. The summed E-state index contributed by atoms with van der Waals surface area (Å²) in [5.41, 5.74) is 1.49. The standard InChI is InChI=1S/C22H26N2O5/c1-4-27-18-11-10-15(12-19(18)28-5-2)14(3)23-21(25)13-20-22(26)24-16-8-6-7-9-17(16)29-20/h6-12,14,20H,4-5,13H2,1-3H3,(H,23,25)(H,24,26)/t14-,20+/m1/s1. The van der Waals surface area contributed by atoms with Crippen molar-refractivity contribution < 1.29 is 23.8 Å². The first-order valence-electron chi connectivity index (χ1n) is 9.77. The number of hydrogen-bond donors (Lipinski definition) is 2. The molecule has 2 atom stereocenters. The molecule has 0 radical (unpaired) electrons. The molecule has 1 heterocycles. The highest BCUT2D eigenvalue weighted by Gasteiger charge is 2.30. The van der Waals surface area contributed by atoms with Gasteiger partial charge in [-0.15, -0.1) is 0 Å². The van der Waals surface area contributed by atoms with Crippen LogP contribution in [0.1, 0.15) is 38.8 Å². The van der Waals surface area contributed by atoms with Crippen LogP contribution >= 0.6 is 0 Å². The molecule has 3 rings (SSSR count). The summed E-state index contributed by atoms with van der Waals surface area (Å²) in [7, 11) is 0. The zero-order valence-corrected chi connectivity index (χ0v) is 16.9. The molecule has 0 spiro atoms. The van der Waals surface area contributed by atoms with Gasteiger partial charge in [0.25, 0.3) is 5.91 Å². The molecule has 0 fully saturated rings. The van der Waals surface area contributed by atoms with Crippen LogP contribution in [0.5, 0.6) is 17.2 Å². The van der Waals surface area contributed by atoms with Gasteiger partial charge in [0.15, 0.2) is 17.6 Å². The van der Waals surface area contributed by atoms with Gasteiger partial charge in [0.1, 0.15) is 5.75 Å². The van der Waals surface area contributed by atoms with Crippen LogP contribution < -0.4 is 24.8 Å². The minimum absolute atomic E-state index is 0.0696. The van der Waals surface area contributed by atoms with Crippen LogP contribution in [-0.4, -0.2) is 31.1 Å². The van der Waals surface area contributed by atoms with Crippen molar-refractivity contribution in [1.82, 2.24) is 5.32 Å². The van der Waals surface area contributed by atoms with E-state index < -0.39 is 6.10 Å². The summed E-state index contributed by atoms with van der Waals surface area (Å²) in [6.07, 6.45) is -0.934. The predicted octanol–water partition coefficient (Wildman–Crippen LogP) is 3.45. The Morgan fingerprint density at radius 3 is 2.62 bits per heavy atom. The fraction of sp³-hybridized carbons (Fsp3) is 0.364. The van der Waals surface area contributed by atoms with Crippen molar-refractivity contribution >= 4 is 17.5 Å². The molecule has 2 amide bonds. The van der Waals surface area contributed by atoms with E-state index in [0.717, 1.165) is 5.56 Å². The molecule has 0 aliphatic carbocycles. The summed E-state index contributed by atoms with van der Waals surface area (Å²) >= 11 is 0. The van der Waals surface area contributed by atoms with E-state index in [0.29, 0.717) is 36.1 Å². The second-order valence-electron chi connectivity index (χ2n) is 6.66. The van der Waals surface area contributed by atoms with Crippen molar-refractivity contribution in [3.8, 4) is 17.2 Å². The largest absolute Gasteiger partial charge is 0.490 e. The maximum Gasteiger partial charge on any atom is 0.266 e. The van der Waals surface area contributed by atoms with E-state index in [-0.39, 0.29) is 24.3 Å². The number of ether oxygens (including phenoxy) is 3. The van der Waals surface area contributed by atoms with Crippen LogP contribution in [0.2, 0.25) is 0 Å². The van der Waals surface area contributed by atoms with Crippen LogP contribution in [0.15, 0.2) is 42.5 Å².